The SMILES string of the molecule is CC(C)(C)OC(=O)CN1C(=O)C2(CC(=O)N(Cc3csc(-c4ccc(Cl)cc4)n3)C2=O)c2cc(Cl)ccc21. The van der Waals surface area contributed by atoms with Crippen molar-refractivity contribution in [1.29, 1.82) is 0 Å². The molecule has 3 heterocycles. The van der Waals surface area contributed by atoms with E-state index < -0.39 is 41.3 Å². The van der Waals surface area contributed by atoms with E-state index in [1.165, 1.54) is 22.3 Å². The number of benzene rings is 2. The Hall–Kier alpha value is -3.27. The molecular weight excluding hydrogens is 549 g/mol. The molecule has 1 atom stereocenters. The lowest BCUT2D eigenvalue weighted by atomic mass is 9.80. The average Bonchev–Trinajstić information content (AvgIpc) is 3.46. The molecule has 5 rings (SSSR count). The van der Waals surface area contributed by atoms with Crippen LogP contribution in [0.4, 0.5) is 5.69 Å². The molecule has 3 aromatic rings. The molecule has 1 saturated heterocycles. The Morgan fingerprint density at radius 2 is 1.68 bits per heavy atom. The summed E-state index contributed by atoms with van der Waals surface area (Å²) in [6.07, 6.45) is -0.364. The molecular formula is C27H23Cl2N3O5S. The van der Waals surface area contributed by atoms with Gasteiger partial charge in [-0.25, -0.2) is 4.98 Å². The first kappa shape index (κ1) is 26.3. The number of carbonyl (C=O) groups is 4. The van der Waals surface area contributed by atoms with Gasteiger partial charge in [0.25, 0.3) is 0 Å². The van der Waals surface area contributed by atoms with Crippen molar-refractivity contribution in [3.8, 4) is 10.6 Å². The lowest BCUT2D eigenvalue weighted by Crippen LogP contribution is -2.48. The van der Waals surface area contributed by atoms with Crippen molar-refractivity contribution < 1.29 is 23.9 Å². The first-order valence-corrected chi connectivity index (χ1v) is 13.4. The van der Waals surface area contributed by atoms with Gasteiger partial charge in [-0.3, -0.25) is 29.0 Å². The number of rotatable bonds is 5. The highest BCUT2D eigenvalue weighted by Crippen LogP contribution is 2.49. The van der Waals surface area contributed by atoms with Crippen molar-refractivity contribution in [3.63, 3.8) is 0 Å². The first-order chi connectivity index (χ1) is 17.9. The van der Waals surface area contributed by atoms with Gasteiger partial charge in [-0.2, -0.15) is 0 Å². The maximum atomic E-state index is 13.9. The van der Waals surface area contributed by atoms with Crippen LogP contribution in [0.25, 0.3) is 10.6 Å². The molecule has 3 amide bonds. The minimum atomic E-state index is -1.80. The lowest BCUT2D eigenvalue weighted by molar-refractivity contribution is -0.154. The molecule has 2 aliphatic rings. The van der Waals surface area contributed by atoms with E-state index in [-0.39, 0.29) is 13.0 Å². The van der Waals surface area contributed by atoms with Crippen LogP contribution in [-0.2, 0) is 35.9 Å². The number of imide groups is 1. The Morgan fingerprint density at radius 3 is 2.37 bits per heavy atom. The summed E-state index contributed by atoms with van der Waals surface area (Å²) < 4.78 is 5.40. The van der Waals surface area contributed by atoms with E-state index in [0.717, 1.165) is 10.5 Å². The number of hydrogen-bond donors (Lipinski definition) is 0. The predicted molar refractivity (Wildman–Crippen MR) is 144 cm³/mol. The van der Waals surface area contributed by atoms with Crippen LogP contribution >= 0.6 is 34.5 Å². The Balaban J connectivity index is 1.44. The van der Waals surface area contributed by atoms with Gasteiger partial charge in [0.15, 0.2) is 5.41 Å². The zero-order valence-electron chi connectivity index (χ0n) is 20.8. The molecule has 0 radical (unpaired) electrons. The van der Waals surface area contributed by atoms with Crippen LogP contribution in [0.3, 0.4) is 0 Å². The molecule has 0 aliphatic carbocycles. The standard InChI is InChI=1S/C27H23Cl2N3O5S/c1-26(2,3)37-22(34)13-31-20-9-8-17(29)10-19(20)27(24(31)35)11-21(33)32(25(27)36)12-18-14-38-23(30-18)15-4-6-16(28)7-5-15/h4-10,14H,11-13H2,1-3H3. The van der Waals surface area contributed by atoms with Gasteiger partial charge in [0.1, 0.15) is 17.2 Å². The number of hydrogen-bond acceptors (Lipinski definition) is 7. The van der Waals surface area contributed by atoms with Crippen LogP contribution in [0.5, 0.6) is 0 Å². The lowest BCUT2D eigenvalue weighted by Gasteiger charge is -2.24. The van der Waals surface area contributed by atoms with Crippen LogP contribution in [0.15, 0.2) is 47.8 Å². The van der Waals surface area contributed by atoms with E-state index in [4.69, 9.17) is 27.9 Å². The van der Waals surface area contributed by atoms with Crippen molar-refractivity contribution in [2.45, 2.75) is 44.8 Å². The number of thiazole rings is 1. The van der Waals surface area contributed by atoms with Gasteiger partial charge in [0.05, 0.1) is 18.7 Å². The fourth-order valence-electron chi connectivity index (χ4n) is 4.75. The van der Waals surface area contributed by atoms with E-state index in [0.29, 0.717) is 32.0 Å². The van der Waals surface area contributed by atoms with Crippen LogP contribution in [-0.4, -0.2) is 45.7 Å². The number of anilines is 1. The molecule has 196 valence electrons. The Bertz CT molecular complexity index is 1480. The fraction of sp³-hybridized carbons (Fsp3) is 0.296. The summed E-state index contributed by atoms with van der Waals surface area (Å²) in [7, 11) is 0. The van der Waals surface area contributed by atoms with Crippen LogP contribution in [0.1, 0.15) is 38.4 Å². The second-order valence-electron chi connectivity index (χ2n) is 10.2. The molecule has 38 heavy (non-hydrogen) atoms. The molecule has 11 heteroatoms. The van der Waals surface area contributed by atoms with E-state index in [9.17, 15) is 19.2 Å². The molecule has 0 saturated carbocycles. The quantitative estimate of drug-likeness (QED) is 0.243. The first-order valence-electron chi connectivity index (χ1n) is 11.8. The van der Waals surface area contributed by atoms with E-state index >= 15 is 0 Å². The molecule has 0 N–H and O–H groups in total. The summed E-state index contributed by atoms with van der Waals surface area (Å²) in [5.41, 5.74) is -0.524. The number of amides is 3. The summed E-state index contributed by atoms with van der Waals surface area (Å²) in [5.74, 6) is -2.45. The van der Waals surface area contributed by atoms with E-state index in [2.05, 4.69) is 4.98 Å². The number of halogens is 2. The molecule has 1 aromatic heterocycles. The monoisotopic (exact) mass is 571 g/mol. The molecule has 0 bridgehead atoms. The van der Waals surface area contributed by atoms with Gasteiger partial charge in [0.2, 0.25) is 17.7 Å². The number of nitrogens with zero attached hydrogens (tertiary/aromatic N) is 3. The Kier molecular flexibility index (Phi) is 6.57. The van der Waals surface area contributed by atoms with E-state index in [1.54, 1.807) is 50.4 Å². The normalized spacial score (nSPS) is 19.0. The number of fused-ring (bicyclic) bond motifs is 2. The Labute approximate surface area is 233 Å². The number of carbonyl (C=O) groups excluding carboxylic acids is 4. The summed E-state index contributed by atoms with van der Waals surface area (Å²) >= 11 is 13.6. The number of ether oxygens (including phenoxy) is 1. The molecule has 2 aromatic carbocycles. The van der Waals surface area contributed by atoms with Crippen LogP contribution < -0.4 is 4.90 Å². The minimum absolute atomic E-state index is 0.0846. The van der Waals surface area contributed by atoms with Crippen LogP contribution in [0, 0.1) is 0 Å². The topological polar surface area (TPSA) is 96.9 Å². The third kappa shape index (κ3) is 4.59. The minimum Gasteiger partial charge on any atom is -0.459 e. The van der Waals surface area contributed by atoms with Crippen molar-refractivity contribution in [2.75, 3.05) is 11.4 Å². The third-order valence-corrected chi connectivity index (χ3v) is 7.74. The summed E-state index contributed by atoms with van der Waals surface area (Å²) in [6, 6.07) is 11.8. The molecule has 1 fully saturated rings. The van der Waals surface area contributed by atoms with Gasteiger partial charge < -0.3 is 4.74 Å². The van der Waals surface area contributed by atoms with Crippen molar-refractivity contribution in [3.05, 3.63) is 69.1 Å². The average molecular weight is 572 g/mol. The van der Waals surface area contributed by atoms with Gasteiger partial charge in [0, 0.05) is 32.2 Å². The number of esters is 1. The van der Waals surface area contributed by atoms with Gasteiger partial charge in [-0.1, -0.05) is 35.3 Å². The largest absolute Gasteiger partial charge is 0.459 e. The molecule has 2 aliphatic heterocycles. The molecule has 1 spiro atoms. The summed E-state index contributed by atoms with van der Waals surface area (Å²) in [5, 5.41) is 3.39. The van der Waals surface area contributed by atoms with Gasteiger partial charge in [-0.15, -0.1) is 11.3 Å². The zero-order chi connectivity index (χ0) is 27.4. The predicted octanol–water partition coefficient (Wildman–Crippen LogP) is 5.00. The van der Waals surface area contributed by atoms with E-state index in [1.807, 2.05) is 12.1 Å². The fourth-order valence-corrected chi connectivity index (χ4v) is 5.86. The highest BCUT2D eigenvalue weighted by atomic mass is 35.5. The smallest absolute Gasteiger partial charge is 0.326 e. The van der Waals surface area contributed by atoms with Crippen molar-refractivity contribution >= 4 is 63.9 Å². The third-order valence-electron chi connectivity index (χ3n) is 6.32. The van der Waals surface area contributed by atoms with Crippen molar-refractivity contribution in [2.24, 2.45) is 0 Å². The Morgan fingerprint density at radius 1 is 1.03 bits per heavy atom. The maximum Gasteiger partial charge on any atom is 0.326 e. The highest BCUT2D eigenvalue weighted by Gasteiger charge is 2.64. The second kappa shape index (κ2) is 9.48. The molecule has 8 nitrogen and oxygen atoms in total. The zero-order valence-corrected chi connectivity index (χ0v) is 23.1. The summed E-state index contributed by atoms with van der Waals surface area (Å²) in [4.78, 5) is 60.3. The second-order valence-corrected chi connectivity index (χ2v) is 11.9. The van der Waals surface area contributed by atoms with Gasteiger partial charge in [-0.05, 0) is 51.1 Å². The maximum absolute atomic E-state index is 13.9. The van der Waals surface area contributed by atoms with Crippen molar-refractivity contribution in [1.82, 2.24) is 9.88 Å². The number of likely N-dealkylation sites (tertiary alicyclic amines) is 1. The molecule has 1 unspecified atom stereocenters. The summed E-state index contributed by atoms with van der Waals surface area (Å²) in [6.45, 7) is 4.68. The van der Waals surface area contributed by atoms with Gasteiger partial charge >= 0.3 is 5.97 Å². The number of aromatic nitrogens is 1. The van der Waals surface area contributed by atoms with Crippen LogP contribution in [0.2, 0.25) is 10.0 Å². The highest BCUT2D eigenvalue weighted by molar-refractivity contribution is 7.13.